The second-order valence-electron chi connectivity index (χ2n) is 6.94. The average molecular weight is 369 g/mol. The number of rotatable bonds is 11. The lowest BCUT2D eigenvalue weighted by Crippen LogP contribution is -2.42. The molecule has 0 spiro atoms. The summed E-state index contributed by atoms with van der Waals surface area (Å²) in [6, 6.07) is 0.336. The van der Waals surface area contributed by atoms with Gasteiger partial charge in [0.2, 0.25) is 5.91 Å². The standard InChI is InChI=1S/C19H36N4O3/c1-3-16(23-12-5-7-18(23)24)8-11-22-19(20-4-2)21-10-6-13-26-17-9-14-25-15-17/h16-17H,3-15H2,1-2H3,(H2,20,21,22). The molecule has 1 amide bonds. The Balaban J connectivity index is 1.64. The zero-order valence-electron chi connectivity index (χ0n) is 16.5. The molecule has 0 bridgehead atoms. The van der Waals surface area contributed by atoms with Gasteiger partial charge in [-0.25, -0.2) is 0 Å². The molecule has 2 rings (SSSR count). The van der Waals surface area contributed by atoms with E-state index in [1.807, 2.05) is 0 Å². The monoisotopic (exact) mass is 368 g/mol. The Hall–Kier alpha value is -1.34. The van der Waals surface area contributed by atoms with Crippen molar-refractivity contribution in [2.45, 2.75) is 64.5 Å². The van der Waals surface area contributed by atoms with E-state index in [9.17, 15) is 4.79 Å². The van der Waals surface area contributed by atoms with Gasteiger partial charge >= 0.3 is 0 Å². The van der Waals surface area contributed by atoms with Gasteiger partial charge in [0.1, 0.15) is 0 Å². The molecule has 26 heavy (non-hydrogen) atoms. The maximum absolute atomic E-state index is 11.9. The van der Waals surface area contributed by atoms with Gasteiger partial charge in [-0.3, -0.25) is 9.79 Å². The Bertz CT molecular complexity index is 439. The summed E-state index contributed by atoms with van der Waals surface area (Å²) in [7, 11) is 0. The third kappa shape index (κ3) is 7.11. The number of hydrogen-bond donors (Lipinski definition) is 2. The molecule has 2 aliphatic heterocycles. The fourth-order valence-corrected chi connectivity index (χ4v) is 3.48. The first-order valence-corrected chi connectivity index (χ1v) is 10.3. The second kappa shape index (κ2) is 12.1. The van der Waals surface area contributed by atoms with Crippen LogP contribution in [0, 0.1) is 0 Å². The lowest BCUT2D eigenvalue weighted by molar-refractivity contribution is -0.129. The van der Waals surface area contributed by atoms with Crippen LogP contribution in [0.25, 0.3) is 0 Å². The van der Waals surface area contributed by atoms with Crippen LogP contribution in [0.1, 0.15) is 52.4 Å². The van der Waals surface area contributed by atoms with Gasteiger partial charge in [-0.2, -0.15) is 0 Å². The molecule has 2 unspecified atom stereocenters. The summed E-state index contributed by atoms with van der Waals surface area (Å²) >= 11 is 0. The fraction of sp³-hybridized carbons (Fsp3) is 0.895. The van der Waals surface area contributed by atoms with Crippen molar-refractivity contribution in [3.63, 3.8) is 0 Å². The van der Waals surface area contributed by atoms with Crippen molar-refractivity contribution in [3.05, 3.63) is 0 Å². The number of carbonyl (C=O) groups is 1. The topological polar surface area (TPSA) is 75.2 Å². The minimum atomic E-state index is 0.268. The SMILES string of the molecule is CCNC(=NCCCOC1CCOC1)NCCC(CC)N1CCCC1=O. The highest BCUT2D eigenvalue weighted by Gasteiger charge is 2.26. The number of nitrogens with zero attached hydrogens (tertiary/aromatic N) is 2. The smallest absolute Gasteiger partial charge is 0.222 e. The van der Waals surface area contributed by atoms with Crippen molar-refractivity contribution in [1.82, 2.24) is 15.5 Å². The van der Waals surface area contributed by atoms with Crippen molar-refractivity contribution in [1.29, 1.82) is 0 Å². The Labute approximate surface area is 157 Å². The summed E-state index contributed by atoms with van der Waals surface area (Å²) < 4.78 is 11.1. The Morgan fingerprint density at radius 2 is 2.31 bits per heavy atom. The Morgan fingerprint density at radius 3 is 2.96 bits per heavy atom. The number of hydrogen-bond acceptors (Lipinski definition) is 4. The van der Waals surface area contributed by atoms with Crippen LogP contribution in [0.3, 0.4) is 0 Å². The van der Waals surface area contributed by atoms with Crippen LogP contribution in [0.2, 0.25) is 0 Å². The van der Waals surface area contributed by atoms with Crippen molar-refractivity contribution in [2.24, 2.45) is 4.99 Å². The summed E-state index contributed by atoms with van der Waals surface area (Å²) in [5, 5.41) is 6.68. The Kier molecular flexibility index (Phi) is 9.77. The maximum Gasteiger partial charge on any atom is 0.222 e. The molecule has 0 saturated carbocycles. The summed E-state index contributed by atoms with van der Waals surface area (Å²) in [5.74, 6) is 1.16. The van der Waals surface area contributed by atoms with Crippen molar-refractivity contribution >= 4 is 11.9 Å². The number of amides is 1. The molecule has 0 aromatic carbocycles. The first kappa shape index (κ1) is 21.0. The van der Waals surface area contributed by atoms with Gasteiger partial charge in [0.25, 0.3) is 0 Å². The molecule has 0 aliphatic carbocycles. The van der Waals surface area contributed by atoms with E-state index in [0.717, 1.165) is 84.1 Å². The van der Waals surface area contributed by atoms with Crippen LogP contribution in [0.5, 0.6) is 0 Å². The molecule has 2 saturated heterocycles. The van der Waals surface area contributed by atoms with E-state index in [2.05, 4.69) is 34.4 Å². The van der Waals surface area contributed by atoms with E-state index in [-0.39, 0.29) is 6.10 Å². The summed E-state index contributed by atoms with van der Waals surface area (Å²) in [6.45, 7) is 9.82. The fourth-order valence-electron chi connectivity index (χ4n) is 3.48. The minimum absolute atomic E-state index is 0.268. The van der Waals surface area contributed by atoms with Crippen LogP contribution in [0.15, 0.2) is 4.99 Å². The normalized spacial score (nSPS) is 22.1. The Morgan fingerprint density at radius 1 is 1.42 bits per heavy atom. The molecular formula is C19H36N4O3. The molecule has 2 heterocycles. The van der Waals surface area contributed by atoms with E-state index < -0.39 is 0 Å². The van der Waals surface area contributed by atoms with E-state index in [4.69, 9.17) is 9.47 Å². The molecule has 0 radical (unpaired) electrons. The van der Waals surface area contributed by atoms with Crippen LogP contribution in [-0.2, 0) is 14.3 Å². The second-order valence-corrected chi connectivity index (χ2v) is 6.94. The summed E-state index contributed by atoms with van der Waals surface area (Å²) in [6.07, 6.45) is 5.86. The average Bonchev–Trinajstić information content (AvgIpc) is 3.30. The lowest BCUT2D eigenvalue weighted by Gasteiger charge is -2.27. The van der Waals surface area contributed by atoms with Gasteiger partial charge < -0.3 is 25.0 Å². The van der Waals surface area contributed by atoms with Gasteiger partial charge in [-0.1, -0.05) is 6.92 Å². The number of guanidine groups is 1. The number of carbonyl (C=O) groups excluding carboxylic acids is 1. The molecule has 7 heteroatoms. The zero-order valence-corrected chi connectivity index (χ0v) is 16.5. The van der Waals surface area contributed by atoms with Crippen molar-refractivity contribution in [3.8, 4) is 0 Å². The molecule has 2 fully saturated rings. The van der Waals surface area contributed by atoms with E-state index >= 15 is 0 Å². The van der Waals surface area contributed by atoms with E-state index in [1.165, 1.54) is 0 Å². The number of nitrogens with one attached hydrogen (secondary N) is 2. The van der Waals surface area contributed by atoms with Gasteiger partial charge in [-0.05, 0) is 39.0 Å². The first-order chi connectivity index (χ1) is 12.7. The van der Waals surface area contributed by atoms with E-state index in [0.29, 0.717) is 18.4 Å². The predicted octanol–water partition coefficient (Wildman–Crippen LogP) is 1.53. The van der Waals surface area contributed by atoms with Gasteiger partial charge in [0.15, 0.2) is 5.96 Å². The molecule has 0 aromatic heterocycles. The lowest BCUT2D eigenvalue weighted by atomic mass is 10.1. The number of aliphatic imine (C=N–C) groups is 1. The molecule has 2 atom stereocenters. The highest BCUT2D eigenvalue weighted by Crippen LogP contribution is 2.17. The molecule has 7 nitrogen and oxygen atoms in total. The third-order valence-electron chi connectivity index (χ3n) is 4.95. The summed E-state index contributed by atoms with van der Waals surface area (Å²) in [5.41, 5.74) is 0. The van der Waals surface area contributed by atoms with Crippen molar-refractivity contribution < 1.29 is 14.3 Å². The van der Waals surface area contributed by atoms with E-state index in [1.54, 1.807) is 0 Å². The third-order valence-corrected chi connectivity index (χ3v) is 4.95. The predicted molar refractivity (Wildman–Crippen MR) is 103 cm³/mol. The summed E-state index contributed by atoms with van der Waals surface area (Å²) in [4.78, 5) is 18.6. The largest absolute Gasteiger partial charge is 0.379 e. The van der Waals surface area contributed by atoms with Gasteiger partial charge in [0.05, 0.1) is 12.7 Å². The molecule has 150 valence electrons. The highest BCUT2D eigenvalue weighted by molar-refractivity contribution is 5.80. The van der Waals surface area contributed by atoms with Gasteiger partial charge in [0, 0.05) is 51.9 Å². The van der Waals surface area contributed by atoms with Crippen LogP contribution >= 0.6 is 0 Å². The van der Waals surface area contributed by atoms with Crippen molar-refractivity contribution in [2.75, 3.05) is 46.0 Å². The van der Waals surface area contributed by atoms with Crippen LogP contribution < -0.4 is 10.6 Å². The van der Waals surface area contributed by atoms with Crippen LogP contribution in [0.4, 0.5) is 0 Å². The van der Waals surface area contributed by atoms with Crippen LogP contribution in [-0.4, -0.2) is 74.9 Å². The highest BCUT2D eigenvalue weighted by atomic mass is 16.5. The number of ether oxygens (including phenoxy) is 2. The quantitative estimate of drug-likeness (QED) is 0.329. The number of likely N-dealkylation sites (tertiary alicyclic amines) is 1. The minimum Gasteiger partial charge on any atom is -0.379 e. The maximum atomic E-state index is 11.9. The molecule has 2 N–H and O–H groups in total. The first-order valence-electron chi connectivity index (χ1n) is 10.3. The molecular weight excluding hydrogens is 332 g/mol. The zero-order chi connectivity index (χ0) is 18.6. The van der Waals surface area contributed by atoms with Gasteiger partial charge in [-0.15, -0.1) is 0 Å². The molecule has 0 aromatic rings. The molecule has 2 aliphatic rings.